The zero-order chi connectivity index (χ0) is 16.8. The van der Waals surface area contributed by atoms with E-state index in [0.29, 0.717) is 32.1 Å². The van der Waals surface area contributed by atoms with Crippen molar-refractivity contribution in [3.63, 3.8) is 0 Å². The second-order valence-electron chi connectivity index (χ2n) is 6.49. The summed E-state index contributed by atoms with van der Waals surface area (Å²) < 4.78 is 10.3. The van der Waals surface area contributed by atoms with Gasteiger partial charge in [0, 0.05) is 26.2 Å². The Bertz CT molecular complexity index is 397. The molecule has 1 aliphatic heterocycles. The smallest absolute Gasteiger partial charge is 0.410 e. The van der Waals surface area contributed by atoms with E-state index in [2.05, 4.69) is 6.58 Å². The van der Waals surface area contributed by atoms with Crippen LogP contribution in [-0.4, -0.2) is 60.4 Å². The van der Waals surface area contributed by atoms with Gasteiger partial charge in [-0.3, -0.25) is 0 Å². The maximum absolute atomic E-state index is 11.8. The van der Waals surface area contributed by atoms with Crippen molar-refractivity contribution in [2.24, 2.45) is 5.92 Å². The first kappa shape index (κ1) is 18.3. The zero-order valence-corrected chi connectivity index (χ0v) is 14.1. The van der Waals surface area contributed by atoms with E-state index >= 15 is 0 Å². The molecule has 1 fully saturated rings. The predicted molar refractivity (Wildman–Crippen MR) is 84.7 cm³/mol. The molecule has 0 N–H and O–H groups in total. The molecule has 1 heterocycles. The Hall–Kier alpha value is -1.72. The van der Waals surface area contributed by atoms with E-state index in [9.17, 15) is 9.59 Å². The molecule has 0 radical (unpaired) electrons. The van der Waals surface area contributed by atoms with Crippen molar-refractivity contribution in [1.82, 2.24) is 9.80 Å². The summed E-state index contributed by atoms with van der Waals surface area (Å²) in [5.74, 6) is 0.411. The number of carbonyl (C=O) groups is 2. The minimum atomic E-state index is -0.462. The maximum atomic E-state index is 11.8. The quantitative estimate of drug-likeness (QED) is 0.708. The van der Waals surface area contributed by atoms with Crippen molar-refractivity contribution in [3.05, 3.63) is 12.7 Å². The van der Waals surface area contributed by atoms with E-state index in [1.54, 1.807) is 15.9 Å². The molecule has 126 valence electrons. The van der Waals surface area contributed by atoms with Crippen LogP contribution in [0, 0.1) is 5.92 Å². The van der Waals surface area contributed by atoms with Crippen molar-refractivity contribution in [3.8, 4) is 0 Å². The first-order chi connectivity index (χ1) is 10.3. The summed E-state index contributed by atoms with van der Waals surface area (Å²) in [6.45, 7) is 13.9. The molecule has 0 unspecified atom stereocenters. The number of carbonyl (C=O) groups excluding carboxylic acids is 2. The van der Waals surface area contributed by atoms with Gasteiger partial charge in [0.2, 0.25) is 0 Å². The molecule has 0 saturated carbocycles. The van der Waals surface area contributed by atoms with Gasteiger partial charge in [-0.1, -0.05) is 12.7 Å². The van der Waals surface area contributed by atoms with E-state index in [1.165, 1.54) is 0 Å². The lowest BCUT2D eigenvalue weighted by molar-refractivity contribution is -0.00347. The summed E-state index contributed by atoms with van der Waals surface area (Å²) in [6.07, 6.45) is 1.83. The largest absolute Gasteiger partial charge is 0.445 e. The number of hydrogen-bond acceptors (Lipinski definition) is 4. The Morgan fingerprint density at radius 1 is 1.36 bits per heavy atom. The van der Waals surface area contributed by atoms with Gasteiger partial charge in [-0.05, 0) is 40.0 Å². The summed E-state index contributed by atoms with van der Waals surface area (Å²) in [5.41, 5.74) is -0.462. The number of ether oxygens (including phenoxy) is 2. The zero-order valence-electron chi connectivity index (χ0n) is 14.1. The standard InChI is InChI=1S/C16H28N2O4/c1-6-10-21-14(19)17(7-2)9-8-13-11-18(12-13)15(20)22-16(3,4)5/h6,13H,1,7-12H2,2-5H3. The Morgan fingerprint density at radius 2 is 2.00 bits per heavy atom. The lowest BCUT2D eigenvalue weighted by atomic mass is 9.97. The topological polar surface area (TPSA) is 59.1 Å². The van der Waals surface area contributed by atoms with Crippen LogP contribution in [0.4, 0.5) is 9.59 Å². The Kier molecular flexibility index (Phi) is 6.71. The number of rotatable bonds is 6. The lowest BCUT2D eigenvalue weighted by Crippen LogP contribution is -2.52. The highest BCUT2D eigenvalue weighted by Gasteiger charge is 2.33. The third-order valence-electron chi connectivity index (χ3n) is 3.38. The van der Waals surface area contributed by atoms with Crippen LogP contribution in [0.5, 0.6) is 0 Å². The van der Waals surface area contributed by atoms with E-state index in [-0.39, 0.29) is 18.8 Å². The van der Waals surface area contributed by atoms with Gasteiger partial charge in [0.15, 0.2) is 0 Å². The lowest BCUT2D eigenvalue weighted by Gasteiger charge is -2.40. The Morgan fingerprint density at radius 3 is 2.50 bits per heavy atom. The normalized spacial score (nSPS) is 15.0. The molecular formula is C16H28N2O4. The molecule has 6 heteroatoms. The average Bonchev–Trinajstić information content (AvgIpc) is 2.36. The fourth-order valence-electron chi connectivity index (χ4n) is 2.17. The third kappa shape index (κ3) is 5.95. The number of amides is 2. The van der Waals surface area contributed by atoms with Gasteiger partial charge in [0.1, 0.15) is 12.2 Å². The summed E-state index contributed by atoms with van der Waals surface area (Å²) in [7, 11) is 0. The minimum absolute atomic E-state index is 0.227. The number of likely N-dealkylation sites (tertiary alicyclic amines) is 1. The molecule has 0 aromatic heterocycles. The molecule has 1 aliphatic rings. The SMILES string of the molecule is C=CCOC(=O)N(CC)CCC1CN(C(=O)OC(C)(C)C)C1. The average molecular weight is 312 g/mol. The molecule has 22 heavy (non-hydrogen) atoms. The summed E-state index contributed by atoms with van der Waals surface area (Å²) >= 11 is 0. The molecular weight excluding hydrogens is 284 g/mol. The van der Waals surface area contributed by atoms with Crippen molar-refractivity contribution >= 4 is 12.2 Å². The number of nitrogens with zero attached hydrogens (tertiary/aromatic N) is 2. The second-order valence-corrected chi connectivity index (χ2v) is 6.49. The molecule has 0 aromatic carbocycles. The van der Waals surface area contributed by atoms with Gasteiger partial charge in [0.25, 0.3) is 0 Å². The van der Waals surface area contributed by atoms with E-state index in [4.69, 9.17) is 9.47 Å². The van der Waals surface area contributed by atoms with E-state index in [0.717, 1.165) is 6.42 Å². The van der Waals surface area contributed by atoms with Crippen molar-refractivity contribution in [2.75, 3.05) is 32.8 Å². The van der Waals surface area contributed by atoms with Crippen molar-refractivity contribution in [1.29, 1.82) is 0 Å². The van der Waals surface area contributed by atoms with Gasteiger partial charge in [0.05, 0.1) is 0 Å². The summed E-state index contributed by atoms with van der Waals surface area (Å²) in [6, 6.07) is 0. The summed E-state index contributed by atoms with van der Waals surface area (Å²) in [4.78, 5) is 26.9. The highest BCUT2D eigenvalue weighted by Crippen LogP contribution is 2.22. The molecule has 0 atom stereocenters. The van der Waals surface area contributed by atoms with Gasteiger partial charge in [-0.25, -0.2) is 9.59 Å². The van der Waals surface area contributed by atoms with Crippen LogP contribution in [0.25, 0.3) is 0 Å². The Labute approximate surface area is 133 Å². The molecule has 0 aliphatic carbocycles. The third-order valence-corrected chi connectivity index (χ3v) is 3.38. The van der Waals surface area contributed by atoms with Crippen LogP contribution in [0.3, 0.4) is 0 Å². The van der Waals surface area contributed by atoms with Crippen molar-refractivity contribution < 1.29 is 19.1 Å². The van der Waals surface area contributed by atoms with E-state index in [1.807, 2.05) is 27.7 Å². The molecule has 2 amide bonds. The van der Waals surface area contributed by atoms with Crippen LogP contribution >= 0.6 is 0 Å². The molecule has 0 spiro atoms. The minimum Gasteiger partial charge on any atom is -0.445 e. The summed E-state index contributed by atoms with van der Waals surface area (Å²) in [5, 5.41) is 0. The van der Waals surface area contributed by atoms with Gasteiger partial charge >= 0.3 is 12.2 Å². The molecule has 0 bridgehead atoms. The fraction of sp³-hybridized carbons (Fsp3) is 0.750. The van der Waals surface area contributed by atoms with Crippen LogP contribution in [0.1, 0.15) is 34.1 Å². The van der Waals surface area contributed by atoms with Crippen molar-refractivity contribution in [2.45, 2.75) is 39.7 Å². The molecule has 6 nitrogen and oxygen atoms in total. The van der Waals surface area contributed by atoms with E-state index < -0.39 is 5.60 Å². The van der Waals surface area contributed by atoms with Gasteiger partial charge in [-0.2, -0.15) is 0 Å². The molecule has 1 rings (SSSR count). The number of hydrogen-bond donors (Lipinski definition) is 0. The Balaban J connectivity index is 2.26. The van der Waals surface area contributed by atoms with Crippen LogP contribution < -0.4 is 0 Å². The van der Waals surface area contributed by atoms with Crippen LogP contribution in [-0.2, 0) is 9.47 Å². The first-order valence-electron chi connectivity index (χ1n) is 7.77. The first-order valence-corrected chi connectivity index (χ1v) is 7.77. The monoisotopic (exact) mass is 312 g/mol. The second kappa shape index (κ2) is 8.06. The molecule has 1 saturated heterocycles. The molecule has 0 aromatic rings. The van der Waals surface area contributed by atoms with Crippen LogP contribution in [0.15, 0.2) is 12.7 Å². The highest BCUT2D eigenvalue weighted by molar-refractivity contribution is 5.69. The predicted octanol–water partition coefficient (Wildman–Crippen LogP) is 2.89. The van der Waals surface area contributed by atoms with Gasteiger partial charge in [-0.15, -0.1) is 0 Å². The highest BCUT2D eigenvalue weighted by atomic mass is 16.6. The maximum Gasteiger partial charge on any atom is 0.410 e. The van der Waals surface area contributed by atoms with Crippen LogP contribution in [0.2, 0.25) is 0 Å². The fourth-order valence-corrected chi connectivity index (χ4v) is 2.17. The van der Waals surface area contributed by atoms with Gasteiger partial charge < -0.3 is 19.3 Å².